The summed E-state index contributed by atoms with van der Waals surface area (Å²) in [5, 5.41) is 9.78. The van der Waals surface area contributed by atoms with E-state index in [0.29, 0.717) is 34.2 Å². The summed E-state index contributed by atoms with van der Waals surface area (Å²) < 4.78 is 11.1. The minimum atomic E-state index is -0.610. The molecule has 35 heavy (non-hydrogen) atoms. The number of amides is 2. The number of nitrogens with zero attached hydrogens (tertiary/aromatic N) is 2. The minimum Gasteiger partial charge on any atom is -0.441 e. The first kappa shape index (κ1) is 24.4. The van der Waals surface area contributed by atoms with Gasteiger partial charge in [0, 0.05) is 5.92 Å². The van der Waals surface area contributed by atoms with Gasteiger partial charge in [0.15, 0.2) is 0 Å². The van der Waals surface area contributed by atoms with Crippen LogP contribution in [0, 0.1) is 26.7 Å². The molecule has 8 heteroatoms. The van der Waals surface area contributed by atoms with Crippen molar-refractivity contribution in [2.45, 2.75) is 65.9 Å². The van der Waals surface area contributed by atoms with Gasteiger partial charge in [-0.2, -0.15) is 0 Å². The zero-order chi connectivity index (χ0) is 24.9. The summed E-state index contributed by atoms with van der Waals surface area (Å²) in [6.45, 7) is 7.37. The van der Waals surface area contributed by atoms with E-state index in [2.05, 4.69) is 20.8 Å². The zero-order valence-electron chi connectivity index (χ0n) is 20.7. The summed E-state index contributed by atoms with van der Waals surface area (Å²) >= 11 is 0. The molecule has 2 N–H and O–H groups in total. The molecule has 0 saturated heterocycles. The number of rotatable bonds is 6. The van der Waals surface area contributed by atoms with E-state index in [1.807, 2.05) is 45.0 Å². The monoisotopic (exact) mass is 476 g/mol. The predicted octanol–water partition coefficient (Wildman–Crippen LogP) is 6.49. The molecule has 0 spiro atoms. The summed E-state index contributed by atoms with van der Waals surface area (Å²) in [6.07, 6.45) is 4.23. The molecule has 0 bridgehead atoms. The molecule has 8 nitrogen and oxygen atoms in total. The number of aromatic nitrogens is 2. The quantitative estimate of drug-likeness (QED) is 0.421. The molecular weight excluding hydrogens is 444 g/mol. The van der Waals surface area contributed by atoms with Gasteiger partial charge in [-0.3, -0.25) is 10.1 Å². The lowest BCUT2D eigenvalue weighted by Gasteiger charge is -2.21. The van der Waals surface area contributed by atoms with E-state index < -0.39 is 12.2 Å². The van der Waals surface area contributed by atoms with Crippen LogP contribution in [0.4, 0.5) is 16.2 Å². The van der Waals surface area contributed by atoms with Gasteiger partial charge >= 0.3 is 6.09 Å². The Balaban J connectivity index is 1.46. The second kappa shape index (κ2) is 10.7. The Morgan fingerprint density at radius 2 is 1.74 bits per heavy atom. The molecule has 0 unspecified atom stereocenters. The van der Waals surface area contributed by atoms with Gasteiger partial charge in [-0.1, -0.05) is 48.7 Å². The molecule has 2 amide bonds. The largest absolute Gasteiger partial charge is 0.441 e. The topological polar surface area (TPSA) is 106 Å². The van der Waals surface area contributed by atoms with E-state index in [1.165, 1.54) is 6.42 Å². The summed E-state index contributed by atoms with van der Waals surface area (Å²) in [6, 6.07) is 11.3. The molecule has 2 aromatic heterocycles. The van der Waals surface area contributed by atoms with Crippen LogP contribution in [0.1, 0.15) is 67.6 Å². The molecule has 1 aliphatic rings. The molecule has 3 aromatic rings. The van der Waals surface area contributed by atoms with Crippen molar-refractivity contribution in [2.75, 3.05) is 10.6 Å². The van der Waals surface area contributed by atoms with Crippen molar-refractivity contribution in [3.05, 3.63) is 58.9 Å². The fourth-order valence-electron chi connectivity index (χ4n) is 4.51. The fourth-order valence-corrected chi connectivity index (χ4v) is 4.51. The maximum absolute atomic E-state index is 12.7. The maximum atomic E-state index is 12.7. The Hall–Kier alpha value is -3.68. The van der Waals surface area contributed by atoms with E-state index in [1.54, 1.807) is 19.1 Å². The van der Waals surface area contributed by atoms with E-state index in [9.17, 15) is 9.59 Å². The first-order valence-corrected chi connectivity index (χ1v) is 12.1. The number of carbonyl (C=O) groups excluding carboxylic acids is 2. The van der Waals surface area contributed by atoms with E-state index in [-0.39, 0.29) is 11.8 Å². The number of aryl methyl sites for hydroxylation is 3. The molecule has 2 heterocycles. The van der Waals surface area contributed by atoms with Gasteiger partial charge in [-0.25, -0.2) is 9.78 Å². The Morgan fingerprint density at radius 1 is 1.00 bits per heavy atom. The maximum Gasteiger partial charge on any atom is 0.412 e. The van der Waals surface area contributed by atoms with Crippen LogP contribution in [0.5, 0.6) is 0 Å². The number of ether oxygens (including phenoxy) is 1. The van der Waals surface area contributed by atoms with Crippen LogP contribution in [0.3, 0.4) is 0 Å². The highest BCUT2D eigenvalue weighted by atomic mass is 16.6. The van der Waals surface area contributed by atoms with Gasteiger partial charge in [0.05, 0.1) is 11.4 Å². The molecule has 0 radical (unpaired) electrons. The van der Waals surface area contributed by atoms with Crippen molar-refractivity contribution in [1.82, 2.24) is 10.1 Å². The average Bonchev–Trinajstić information content (AvgIpc) is 3.20. The van der Waals surface area contributed by atoms with Crippen molar-refractivity contribution in [3.8, 4) is 11.5 Å². The van der Waals surface area contributed by atoms with Crippen LogP contribution < -0.4 is 10.6 Å². The number of hydrogen-bond acceptors (Lipinski definition) is 6. The SMILES string of the molecule is Cc1ccccc1[C@H](C)OC(=O)Nc1c(C)noc1-c1ccc(NC(=O)C2CCCCC2)c(C)n1. The van der Waals surface area contributed by atoms with E-state index >= 15 is 0 Å². The summed E-state index contributed by atoms with van der Waals surface area (Å²) in [7, 11) is 0. The van der Waals surface area contributed by atoms with Crippen LogP contribution >= 0.6 is 0 Å². The summed E-state index contributed by atoms with van der Waals surface area (Å²) in [5.41, 5.74) is 4.72. The molecule has 1 fully saturated rings. The first-order valence-electron chi connectivity index (χ1n) is 12.1. The highest BCUT2D eigenvalue weighted by Gasteiger charge is 2.24. The molecule has 1 aliphatic carbocycles. The molecular formula is C27H32N4O4. The van der Waals surface area contributed by atoms with Crippen LogP contribution in [-0.2, 0) is 9.53 Å². The average molecular weight is 477 g/mol. The highest BCUT2D eigenvalue weighted by Crippen LogP contribution is 2.32. The number of anilines is 2. The van der Waals surface area contributed by atoms with Crippen LogP contribution in [0.15, 0.2) is 40.9 Å². The molecule has 1 aromatic carbocycles. The zero-order valence-corrected chi connectivity index (χ0v) is 20.7. The third-order valence-electron chi connectivity index (χ3n) is 6.55. The smallest absolute Gasteiger partial charge is 0.412 e. The van der Waals surface area contributed by atoms with Crippen LogP contribution in [-0.4, -0.2) is 22.1 Å². The Kier molecular flexibility index (Phi) is 7.48. The third kappa shape index (κ3) is 5.70. The molecule has 4 rings (SSSR count). The fraction of sp³-hybridized carbons (Fsp3) is 0.407. The Morgan fingerprint density at radius 3 is 2.46 bits per heavy atom. The first-order chi connectivity index (χ1) is 16.8. The number of carbonyl (C=O) groups is 2. The van der Waals surface area contributed by atoms with Gasteiger partial charge in [-0.05, 0) is 63.8 Å². The normalized spacial score (nSPS) is 14.9. The Labute approximate surface area is 205 Å². The van der Waals surface area contributed by atoms with Gasteiger partial charge in [0.2, 0.25) is 11.7 Å². The number of nitrogens with one attached hydrogen (secondary N) is 2. The van der Waals surface area contributed by atoms with Gasteiger partial charge < -0.3 is 14.6 Å². The second-order valence-corrected chi connectivity index (χ2v) is 9.15. The molecule has 0 aliphatic heterocycles. The van der Waals surface area contributed by atoms with Gasteiger partial charge in [-0.15, -0.1) is 0 Å². The lowest BCUT2D eigenvalue weighted by molar-refractivity contribution is -0.120. The van der Waals surface area contributed by atoms with Crippen LogP contribution in [0.25, 0.3) is 11.5 Å². The van der Waals surface area contributed by atoms with E-state index in [0.717, 1.165) is 36.8 Å². The second-order valence-electron chi connectivity index (χ2n) is 9.15. The van der Waals surface area contributed by atoms with Gasteiger partial charge in [0.25, 0.3) is 0 Å². The number of hydrogen-bond donors (Lipinski definition) is 2. The van der Waals surface area contributed by atoms with Crippen molar-refractivity contribution < 1.29 is 18.8 Å². The minimum absolute atomic E-state index is 0.0470. The number of pyridine rings is 1. The lowest BCUT2D eigenvalue weighted by Crippen LogP contribution is -2.25. The molecule has 1 atom stereocenters. The van der Waals surface area contributed by atoms with Gasteiger partial charge in [0.1, 0.15) is 23.2 Å². The van der Waals surface area contributed by atoms with Crippen LogP contribution in [0.2, 0.25) is 0 Å². The molecule has 1 saturated carbocycles. The van der Waals surface area contributed by atoms with E-state index in [4.69, 9.17) is 9.26 Å². The molecule has 184 valence electrons. The van der Waals surface area contributed by atoms with Crippen molar-refractivity contribution in [3.63, 3.8) is 0 Å². The van der Waals surface area contributed by atoms with Crippen molar-refractivity contribution in [2.24, 2.45) is 5.92 Å². The lowest BCUT2D eigenvalue weighted by atomic mass is 9.88. The summed E-state index contributed by atoms with van der Waals surface area (Å²) in [4.78, 5) is 29.9. The summed E-state index contributed by atoms with van der Waals surface area (Å²) in [5.74, 6) is 0.436. The standard InChI is InChI=1S/C27H32N4O4/c1-16-10-8-9-13-21(16)19(4)34-27(33)30-24-18(3)31-35-25(24)23-15-14-22(17(2)28-23)29-26(32)20-11-6-5-7-12-20/h8-10,13-15,19-20H,5-7,11-12H2,1-4H3,(H,29,32)(H,30,33)/t19-/m0/s1. The number of benzene rings is 1. The van der Waals surface area contributed by atoms with Crippen molar-refractivity contribution in [1.29, 1.82) is 0 Å². The third-order valence-corrected chi connectivity index (χ3v) is 6.55. The van der Waals surface area contributed by atoms with Crippen molar-refractivity contribution >= 4 is 23.4 Å². The predicted molar refractivity (Wildman–Crippen MR) is 134 cm³/mol. The highest BCUT2D eigenvalue weighted by molar-refractivity contribution is 5.94. The Bertz CT molecular complexity index is 1210.